The van der Waals surface area contributed by atoms with E-state index in [1.807, 2.05) is 0 Å². The molecule has 0 bridgehead atoms. The smallest absolute Gasteiger partial charge is 0.222 e. The monoisotopic (exact) mass is 212 g/mol. The molecule has 2 N–H and O–H groups in total. The van der Waals surface area contributed by atoms with E-state index in [4.69, 9.17) is 5.73 Å². The molecule has 4 nitrogen and oxygen atoms in total. The zero-order chi connectivity index (χ0) is 9.97. The molecule has 78 valence electrons. The molecule has 0 aliphatic heterocycles. The van der Waals surface area contributed by atoms with Gasteiger partial charge >= 0.3 is 0 Å². The van der Waals surface area contributed by atoms with Crippen molar-refractivity contribution in [2.24, 2.45) is 0 Å². The summed E-state index contributed by atoms with van der Waals surface area (Å²) in [5.41, 5.74) is 5.76. The summed E-state index contributed by atoms with van der Waals surface area (Å²) in [4.78, 5) is 0. The zero-order valence-corrected chi connectivity index (χ0v) is 9.26. The molecule has 0 spiro atoms. The van der Waals surface area contributed by atoms with Crippen molar-refractivity contribution < 1.29 is 0 Å². The minimum absolute atomic E-state index is 0.575. The van der Waals surface area contributed by atoms with Crippen LogP contribution in [-0.4, -0.2) is 20.5 Å². The van der Waals surface area contributed by atoms with Crippen LogP contribution < -0.4 is 5.73 Å². The molecule has 1 fully saturated rings. The van der Waals surface area contributed by atoms with Gasteiger partial charge in [0.15, 0.2) is 5.16 Å². The number of nitrogens with zero attached hydrogens (tertiary/aromatic N) is 3. The molecule has 0 amide bonds. The lowest BCUT2D eigenvalue weighted by Gasteiger charge is -2.04. The van der Waals surface area contributed by atoms with Crippen LogP contribution in [0.2, 0.25) is 0 Å². The summed E-state index contributed by atoms with van der Waals surface area (Å²) in [6, 6.07) is 0.578. The van der Waals surface area contributed by atoms with E-state index in [0.29, 0.717) is 12.0 Å². The van der Waals surface area contributed by atoms with Crippen molar-refractivity contribution in [2.75, 3.05) is 11.5 Å². The number of anilines is 1. The lowest BCUT2D eigenvalue weighted by atomic mass is 10.4. The molecule has 0 radical (unpaired) electrons. The second-order valence-corrected chi connectivity index (χ2v) is 4.71. The number of hydrogen-bond acceptors (Lipinski definition) is 4. The summed E-state index contributed by atoms with van der Waals surface area (Å²) in [7, 11) is 0. The van der Waals surface area contributed by atoms with E-state index >= 15 is 0 Å². The van der Waals surface area contributed by atoms with Crippen molar-refractivity contribution in [3.63, 3.8) is 0 Å². The van der Waals surface area contributed by atoms with Crippen LogP contribution in [0.1, 0.15) is 38.6 Å². The van der Waals surface area contributed by atoms with E-state index < -0.39 is 0 Å². The number of hydrogen-bond donors (Lipinski definition) is 1. The fourth-order valence-electron chi connectivity index (χ4n) is 1.37. The first kappa shape index (κ1) is 9.83. The highest BCUT2D eigenvalue weighted by Gasteiger charge is 2.28. The second kappa shape index (κ2) is 4.21. The highest BCUT2D eigenvalue weighted by Crippen LogP contribution is 2.39. The lowest BCUT2D eigenvalue weighted by Crippen LogP contribution is -2.02. The second-order valence-electron chi connectivity index (χ2n) is 3.64. The van der Waals surface area contributed by atoms with E-state index in [1.165, 1.54) is 25.7 Å². The molecule has 0 atom stereocenters. The summed E-state index contributed by atoms with van der Waals surface area (Å²) in [6.45, 7) is 2.19. The third-order valence-electron chi connectivity index (χ3n) is 2.33. The molecule has 0 unspecified atom stereocenters. The predicted octanol–water partition coefficient (Wildman–Crippen LogP) is 2.09. The summed E-state index contributed by atoms with van der Waals surface area (Å²) >= 11 is 1.77. The van der Waals surface area contributed by atoms with Gasteiger partial charge < -0.3 is 5.73 Å². The summed E-state index contributed by atoms with van der Waals surface area (Å²) < 4.78 is 2.08. The van der Waals surface area contributed by atoms with Crippen molar-refractivity contribution in [3.05, 3.63) is 0 Å². The maximum atomic E-state index is 5.76. The van der Waals surface area contributed by atoms with Gasteiger partial charge in [0.05, 0.1) is 0 Å². The maximum Gasteiger partial charge on any atom is 0.222 e. The molecule has 14 heavy (non-hydrogen) atoms. The molecule has 5 heteroatoms. The Morgan fingerprint density at radius 1 is 1.50 bits per heavy atom. The van der Waals surface area contributed by atoms with Crippen molar-refractivity contribution in [2.45, 2.75) is 43.8 Å². The first-order chi connectivity index (χ1) is 6.83. The third kappa shape index (κ3) is 2.03. The fraction of sp³-hybridized carbons (Fsp3) is 0.778. The van der Waals surface area contributed by atoms with Crippen molar-refractivity contribution in [1.82, 2.24) is 14.8 Å². The maximum absolute atomic E-state index is 5.76. The Morgan fingerprint density at radius 3 is 2.93 bits per heavy atom. The largest absolute Gasteiger partial charge is 0.368 e. The predicted molar refractivity (Wildman–Crippen MR) is 58.3 cm³/mol. The molecule has 0 aromatic carbocycles. The van der Waals surface area contributed by atoms with Crippen LogP contribution in [0, 0.1) is 0 Å². The number of unbranched alkanes of at least 4 members (excludes halogenated alkanes) is 1. The van der Waals surface area contributed by atoms with Crippen LogP contribution in [0.15, 0.2) is 5.16 Å². The third-order valence-corrected chi connectivity index (χ3v) is 3.36. The van der Waals surface area contributed by atoms with Gasteiger partial charge in [-0.25, -0.2) is 0 Å². The van der Waals surface area contributed by atoms with Crippen LogP contribution in [0.3, 0.4) is 0 Å². The van der Waals surface area contributed by atoms with E-state index in [1.54, 1.807) is 11.8 Å². The molecule has 0 saturated heterocycles. The van der Waals surface area contributed by atoms with Crippen LogP contribution in [0.5, 0.6) is 0 Å². The molecule has 1 heterocycles. The van der Waals surface area contributed by atoms with Crippen LogP contribution >= 0.6 is 11.8 Å². The normalized spacial score (nSPS) is 16.1. The molecule has 1 aliphatic rings. The fourth-order valence-corrected chi connectivity index (χ4v) is 2.47. The molecule has 1 aliphatic carbocycles. The number of rotatable bonds is 5. The van der Waals surface area contributed by atoms with Gasteiger partial charge in [0.25, 0.3) is 0 Å². The minimum atomic E-state index is 0.575. The topological polar surface area (TPSA) is 56.7 Å². The summed E-state index contributed by atoms with van der Waals surface area (Å²) in [5, 5.41) is 9.02. The highest BCUT2D eigenvalue weighted by molar-refractivity contribution is 7.99. The molecular formula is C9H16N4S. The summed E-state index contributed by atoms with van der Waals surface area (Å²) in [5.74, 6) is 1.69. The van der Waals surface area contributed by atoms with Crippen LogP contribution in [-0.2, 0) is 0 Å². The SMILES string of the molecule is CCCCSc1nnc(N)n1C1CC1. The number of aromatic nitrogens is 3. The van der Waals surface area contributed by atoms with E-state index in [9.17, 15) is 0 Å². The number of nitrogen functional groups attached to an aromatic ring is 1. The van der Waals surface area contributed by atoms with Gasteiger partial charge in [0, 0.05) is 11.8 Å². The van der Waals surface area contributed by atoms with E-state index in [-0.39, 0.29) is 0 Å². The number of thioether (sulfide) groups is 1. The van der Waals surface area contributed by atoms with Crippen molar-refractivity contribution in [3.8, 4) is 0 Å². The Labute approximate surface area is 88.3 Å². The Hall–Kier alpha value is -0.710. The molecular weight excluding hydrogens is 196 g/mol. The molecule has 1 aromatic rings. The van der Waals surface area contributed by atoms with Gasteiger partial charge in [-0.3, -0.25) is 4.57 Å². The summed E-state index contributed by atoms with van der Waals surface area (Å²) in [6.07, 6.45) is 4.90. The highest BCUT2D eigenvalue weighted by atomic mass is 32.2. The Kier molecular flexibility index (Phi) is 2.96. The average Bonchev–Trinajstić information content (AvgIpc) is 2.93. The average molecular weight is 212 g/mol. The Morgan fingerprint density at radius 2 is 2.29 bits per heavy atom. The van der Waals surface area contributed by atoms with Gasteiger partial charge in [-0.05, 0) is 19.3 Å². The molecule has 1 aromatic heterocycles. The van der Waals surface area contributed by atoms with Gasteiger partial charge in [0.2, 0.25) is 5.95 Å². The van der Waals surface area contributed by atoms with E-state index in [0.717, 1.165) is 10.9 Å². The van der Waals surface area contributed by atoms with Crippen molar-refractivity contribution >= 4 is 17.7 Å². The van der Waals surface area contributed by atoms with Crippen LogP contribution in [0.25, 0.3) is 0 Å². The van der Waals surface area contributed by atoms with Gasteiger partial charge in [-0.15, -0.1) is 10.2 Å². The quantitative estimate of drug-likeness (QED) is 0.600. The standard InChI is InChI=1S/C9H16N4S/c1-2-3-6-14-9-12-11-8(10)13(9)7-4-5-7/h7H,2-6H2,1H3,(H2,10,11). The van der Waals surface area contributed by atoms with Gasteiger partial charge in [-0.2, -0.15) is 0 Å². The first-order valence-corrected chi connectivity index (χ1v) is 6.14. The first-order valence-electron chi connectivity index (χ1n) is 5.16. The lowest BCUT2D eigenvalue weighted by molar-refractivity contribution is 0.671. The minimum Gasteiger partial charge on any atom is -0.368 e. The van der Waals surface area contributed by atoms with Gasteiger partial charge in [-0.1, -0.05) is 25.1 Å². The van der Waals surface area contributed by atoms with E-state index in [2.05, 4.69) is 21.7 Å². The van der Waals surface area contributed by atoms with Crippen LogP contribution in [0.4, 0.5) is 5.95 Å². The molecule has 1 saturated carbocycles. The van der Waals surface area contributed by atoms with Gasteiger partial charge in [0.1, 0.15) is 0 Å². The Bertz CT molecular complexity index is 306. The van der Waals surface area contributed by atoms with Crippen molar-refractivity contribution in [1.29, 1.82) is 0 Å². The number of nitrogens with two attached hydrogens (primary N) is 1. The Balaban J connectivity index is 2.01. The zero-order valence-electron chi connectivity index (χ0n) is 8.44. The molecule has 2 rings (SSSR count).